The van der Waals surface area contributed by atoms with Gasteiger partial charge in [0.1, 0.15) is 0 Å². The molecule has 0 spiro atoms. The lowest BCUT2D eigenvalue weighted by atomic mass is 9.82. The van der Waals surface area contributed by atoms with E-state index in [2.05, 4.69) is 74.9 Å². The van der Waals surface area contributed by atoms with E-state index in [1.807, 2.05) is 0 Å². The van der Waals surface area contributed by atoms with Crippen molar-refractivity contribution in [3.05, 3.63) is 48.0 Å². The Morgan fingerprint density at radius 1 is 0.947 bits per heavy atom. The van der Waals surface area contributed by atoms with E-state index in [4.69, 9.17) is 0 Å². The first-order valence-electron chi connectivity index (χ1n) is 7.02. The van der Waals surface area contributed by atoms with Crippen LogP contribution in [-0.2, 0) is 12.5 Å². The van der Waals surface area contributed by atoms with Crippen LogP contribution in [0.5, 0.6) is 0 Å². The second-order valence-corrected chi connectivity index (χ2v) is 6.05. The van der Waals surface area contributed by atoms with Gasteiger partial charge in [-0.2, -0.15) is 0 Å². The van der Waals surface area contributed by atoms with E-state index < -0.39 is 0 Å². The van der Waals surface area contributed by atoms with Crippen LogP contribution in [0.1, 0.15) is 32.8 Å². The minimum atomic E-state index is 0.241. The normalized spacial score (nSPS) is 12.4. The summed E-state index contributed by atoms with van der Waals surface area (Å²) < 4.78 is 2.29. The van der Waals surface area contributed by atoms with Gasteiger partial charge >= 0.3 is 0 Å². The molecule has 0 aliphatic rings. The third-order valence-corrected chi connectivity index (χ3v) is 4.58. The first kappa shape index (κ1) is 12.3. The Kier molecular flexibility index (Phi) is 2.67. The molecular weight excluding hydrogens is 230 g/mol. The molecule has 3 rings (SSSR count). The van der Waals surface area contributed by atoms with Crippen LogP contribution in [0.4, 0.5) is 0 Å². The zero-order valence-corrected chi connectivity index (χ0v) is 12.2. The Bertz CT molecular complexity index is 747. The Hall–Kier alpha value is -1.76. The zero-order valence-electron chi connectivity index (χ0n) is 12.2. The molecule has 98 valence electrons. The van der Waals surface area contributed by atoms with Crippen LogP contribution in [-0.4, -0.2) is 4.57 Å². The number of fused-ring (bicyclic) bond motifs is 3. The number of para-hydroxylation sites is 1. The lowest BCUT2D eigenvalue weighted by Gasteiger charge is -2.23. The summed E-state index contributed by atoms with van der Waals surface area (Å²) in [5.41, 5.74) is 4.30. The van der Waals surface area contributed by atoms with Crippen LogP contribution in [0, 0.1) is 0 Å². The molecule has 19 heavy (non-hydrogen) atoms. The van der Waals surface area contributed by atoms with Crippen molar-refractivity contribution in [1.29, 1.82) is 0 Å². The maximum Gasteiger partial charge on any atom is 0.0488 e. The fourth-order valence-corrected chi connectivity index (χ4v) is 2.79. The topological polar surface area (TPSA) is 4.93 Å². The number of aromatic nitrogens is 1. The third kappa shape index (κ3) is 1.76. The van der Waals surface area contributed by atoms with Crippen LogP contribution in [0.3, 0.4) is 0 Å². The number of aryl methyl sites for hydroxylation is 1. The SMILES string of the molecule is CCC(C)(C)c1ccc2c(c1)c1ccccc1n2C. The highest BCUT2D eigenvalue weighted by atomic mass is 14.9. The van der Waals surface area contributed by atoms with E-state index >= 15 is 0 Å². The Morgan fingerprint density at radius 2 is 1.63 bits per heavy atom. The number of rotatable bonds is 2. The van der Waals surface area contributed by atoms with Crippen LogP contribution < -0.4 is 0 Å². The van der Waals surface area contributed by atoms with Gasteiger partial charge in [-0.15, -0.1) is 0 Å². The number of benzene rings is 2. The van der Waals surface area contributed by atoms with Gasteiger partial charge in [0, 0.05) is 28.9 Å². The van der Waals surface area contributed by atoms with E-state index in [-0.39, 0.29) is 5.41 Å². The number of hydrogen-bond acceptors (Lipinski definition) is 0. The molecule has 3 aromatic rings. The number of hydrogen-bond donors (Lipinski definition) is 0. The molecule has 0 unspecified atom stereocenters. The molecule has 0 N–H and O–H groups in total. The van der Waals surface area contributed by atoms with Crippen molar-refractivity contribution in [3.8, 4) is 0 Å². The molecule has 1 heteroatoms. The first-order valence-corrected chi connectivity index (χ1v) is 7.02. The Morgan fingerprint density at radius 3 is 2.37 bits per heavy atom. The largest absolute Gasteiger partial charge is 0.344 e. The molecule has 0 saturated carbocycles. The summed E-state index contributed by atoms with van der Waals surface area (Å²) in [7, 11) is 2.15. The average molecular weight is 251 g/mol. The fraction of sp³-hybridized carbons (Fsp3) is 0.333. The predicted molar refractivity (Wildman–Crippen MR) is 83.7 cm³/mol. The fourth-order valence-electron chi connectivity index (χ4n) is 2.79. The molecule has 0 saturated heterocycles. The van der Waals surface area contributed by atoms with Crippen molar-refractivity contribution in [2.24, 2.45) is 7.05 Å². The minimum Gasteiger partial charge on any atom is -0.344 e. The van der Waals surface area contributed by atoms with E-state index in [1.54, 1.807) is 0 Å². The molecule has 0 aliphatic heterocycles. The summed E-state index contributed by atoms with van der Waals surface area (Å²) in [4.78, 5) is 0. The summed E-state index contributed by atoms with van der Waals surface area (Å²) in [5, 5.41) is 2.73. The van der Waals surface area contributed by atoms with Gasteiger partial charge in [0.2, 0.25) is 0 Å². The van der Waals surface area contributed by atoms with Gasteiger partial charge in [-0.3, -0.25) is 0 Å². The molecule has 0 amide bonds. The summed E-state index contributed by atoms with van der Waals surface area (Å²) in [6.45, 7) is 6.89. The van der Waals surface area contributed by atoms with Crippen LogP contribution in [0.25, 0.3) is 21.8 Å². The lowest BCUT2D eigenvalue weighted by molar-refractivity contribution is 0.507. The summed E-state index contributed by atoms with van der Waals surface area (Å²) in [6, 6.07) is 15.6. The van der Waals surface area contributed by atoms with Gasteiger partial charge in [-0.05, 0) is 35.6 Å². The molecular formula is C18H21N. The van der Waals surface area contributed by atoms with Crippen molar-refractivity contribution in [3.63, 3.8) is 0 Å². The molecule has 1 heterocycles. The highest BCUT2D eigenvalue weighted by Crippen LogP contribution is 2.33. The molecule has 0 fully saturated rings. The van der Waals surface area contributed by atoms with Gasteiger partial charge in [-0.25, -0.2) is 0 Å². The van der Waals surface area contributed by atoms with E-state index in [0.29, 0.717) is 0 Å². The summed E-state index contributed by atoms with van der Waals surface area (Å²) in [6.07, 6.45) is 1.16. The van der Waals surface area contributed by atoms with Crippen LogP contribution in [0.2, 0.25) is 0 Å². The van der Waals surface area contributed by atoms with Crippen molar-refractivity contribution in [2.75, 3.05) is 0 Å². The standard InChI is InChI=1S/C18H21N/c1-5-18(2,3)13-10-11-17-15(12-13)14-8-6-7-9-16(14)19(17)4/h6-12H,5H2,1-4H3. The molecule has 2 aromatic carbocycles. The Balaban J connectivity index is 2.37. The number of nitrogens with zero attached hydrogens (tertiary/aromatic N) is 1. The maximum absolute atomic E-state index is 2.38. The first-order chi connectivity index (χ1) is 9.04. The molecule has 0 radical (unpaired) electrons. The van der Waals surface area contributed by atoms with Crippen LogP contribution >= 0.6 is 0 Å². The van der Waals surface area contributed by atoms with Crippen LogP contribution in [0.15, 0.2) is 42.5 Å². The van der Waals surface area contributed by atoms with E-state index in [9.17, 15) is 0 Å². The smallest absolute Gasteiger partial charge is 0.0488 e. The van der Waals surface area contributed by atoms with Gasteiger partial charge in [0.05, 0.1) is 0 Å². The molecule has 0 bridgehead atoms. The Labute approximate surface area is 114 Å². The monoisotopic (exact) mass is 251 g/mol. The highest BCUT2D eigenvalue weighted by molar-refractivity contribution is 6.08. The molecule has 1 nitrogen and oxygen atoms in total. The average Bonchev–Trinajstić information content (AvgIpc) is 2.73. The molecule has 1 aromatic heterocycles. The van der Waals surface area contributed by atoms with Gasteiger partial charge in [-0.1, -0.05) is 45.0 Å². The second-order valence-electron chi connectivity index (χ2n) is 6.05. The van der Waals surface area contributed by atoms with Crippen molar-refractivity contribution in [2.45, 2.75) is 32.6 Å². The quantitative estimate of drug-likeness (QED) is 0.602. The van der Waals surface area contributed by atoms with Crippen molar-refractivity contribution < 1.29 is 0 Å². The second kappa shape index (κ2) is 4.12. The van der Waals surface area contributed by atoms with Gasteiger partial charge < -0.3 is 4.57 Å². The van der Waals surface area contributed by atoms with Crippen molar-refractivity contribution >= 4 is 21.8 Å². The van der Waals surface area contributed by atoms with Gasteiger partial charge in [0.25, 0.3) is 0 Å². The minimum absolute atomic E-state index is 0.241. The van der Waals surface area contributed by atoms with E-state index in [0.717, 1.165) is 6.42 Å². The van der Waals surface area contributed by atoms with E-state index in [1.165, 1.54) is 27.4 Å². The summed E-state index contributed by atoms with van der Waals surface area (Å²) in [5.74, 6) is 0. The molecule has 0 atom stereocenters. The maximum atomic E-state index is 2.38. The highest BCUT2D eigenvalue weighted by Gasteiger charge is 2.19. The summed E-state index contributed by atoms with van der Waals surface area (Å²) >= 11 is 0. The zero-order chi connectivity index (χ0) is 13.6. The third-order valence-electron chi connectivity index (χ3n) is 4.58. The lowest BCUT2D eigenvalue weighted by Crippen LogP contribution is -2.15. The van der Waals surface area contributed by atoms with Gasteiger partial charge in [0.15, 0.2) is 0 Å². The predicted octanol–water partition coefficient (Wildman–Crippen LogP) is 5.02. The molecule has 0 aliphatic carbocycles. The van der Waals surface area contributed by atoms with Crippen molar-refractivity contribution in [1.82, 2.24) is 4.57 Å².